The van der Waals surface area contributed by atoms with Crippen molar-refractivity contribution in [2.24, 2.45) is 5.73 Å². The number of rotatable bonds is 3. The molecule has 1 aliphatic heterocycles. The Balaban J connectivity index is 2.47. The lowest BCUT2D eigenvalue weighted by molar-refractivity contribution is -0.163. The lowest BCUT2D eigenvalue weighted by Crippen LogP contribution is -2.58. The highest BCUT2D eigenvalue weighted by molar-refractivity contribution is 5.76. The molecule has 0 radical (unpaired) electrons. The number of nitrogens with zero attached hydrogens (tertiary/aromatic N) is 2. The smallest absolute Gasteiger partial charge is 0.340 e. The summed E-state index contributed by atoms with van der Waals surface area (Å²) in [4.78, 5) is 14.8. The van der Waals surface area contributed by atoms with Crippen LogP contribution in [0.5, 0.6) is 0 Å². The Kier molecular flexibility index (Phi) is 4.61. The lowest BCUT2D eigenvalue weighted by Gasteiger charge is -2.43. The van der Waals surface area contributed by atoms with E-state index in [9.17, 15) is 18.0 Å². The van der Waals surface area contributed by atoms with E-state index in [1.165, 1.54) is 4.90 Å². The van der Waals surface area contributed by atoms with Crippen molar-refractivity contribution >= 4 is 5.91 Å². The molecule has 1 amide bonds. The number of amides is 1. The number of carbonyl (C=O) groups excluding carboxylic acids is 1. The van der Waals surface area contributed by atoms with E-state index in [2.05, 4.69) is 4.90 Å². The SMILES string of the molecule is CC(C)(CN)N1CCN(C(=O)CC(F)(F)F)CC1. The Bertz CT molecular complexity index is 296. The van der Waals surface area contributed by atoms with Crippen LogP contribution < -0.4 is 5.73 Å². The summed E-state index contributed by atoms with van der Waals surface area (Å²) in [5.41, 5.74) is 5.46. The average molecular weight is 267 g/mol. The predicted molar refractivity (Wildman–Crippen MR) is 62.0 cm³/mol. The third-order valence-electron chi connectivity index (χ3n) is 3.34. The first-order chi connectivity index (χ1) is 8.15. The summed E-state index contributed by atoms with van der Waals surface area (Å²) < 4.78 is 36.3. The van der Waals surface area contributed by atoms with E-state index in [4.69, 9.17) is 5.73 Å². The monoisotopic (exact) mass is 267 g/mol. The van der Waals surface area contributed by atoms with Crippen molar-refractivity contribution in [2.75, 3.05) is 32.7 Å². The Labute approximate surface area is 105 Å². The third-order valence-corrected chi connectivity index (χ3v) is 3.34. The van der Waals surface area contributed by atoms with Crippen molar-refractivity contribution in [1.82, 2.24) is 9.80 Å². The van der Waals surface area contributed by atoms with Crippen LogP contribution in [0.2, 0.25) is 0 Å². The van der Waals surface area contributed by atoms with Crippen LogP contribution in [-0.2, 0) is 4.79 Å². The largest absolute Gasteiger partial charge is 0.397 e. The first-order valence-electron chi connectivity index (χ1n) is 5.95. The van der Waals surface area contributed by atoms with Gasteiger partial charge < -0.3 is 10.6 Å². The molecule has 0 aliphatic carbocycles. The van der Waals surface area contributed by atoms with Gasteiger partial charge in [0, 0.05) is 38.3 Å². The first-order valence-corrected chi connectivity index (χ1v) is 5.95. The van der Waals surface area contributed by atoms with E-state index < -0.39 is 18.5 Å². The zero-order valence-corrected chi connectivity index (χ0v) is 10.8. The number of alkyl halides is 3. The molecule has 2 N–H and O–H groups in total. The molecule has 1 fully saturated rings. The summed E-state index contributed by atoms with van der Waals surface area (Å²) in [6.45, 7) is 6.24. The molecule has 0 unspecified atom stereocenters. The van der Waals surface area contributed by atoms with Crippen LogP contribution in [0.1, 0.15) is 20.3 Å². The van der Waals surface area contributed by atoms with Crippen LogP contribution in [0.4, 0.5) is 13.2 Å². The van der Waals surface area contributed by atoms with Gasteiger partial charge in [0.25, 0.3) is 0 Å². The summed E-state index contributed by atoms with van der Waals surface area (Å²) in [7, 11) is 0. The maximum atomic E-state index is 12.1. The number of carbonyl (C=O) groups is 1. The quantitative estimate of drug-likeness (QED) is 0.823. The molecule has 0 saturated carbocycles. The fourth-order valence-electron chi connectivity index (χ4n) is 1.97. The minimum atomic E-state index is -4.43. The molecule has 106 valence electrons. The van der Waals surface area contributed by atoms with Crippen molar-refractivity contribution in [1.29, 1.82) is 0 Å². The number of halogens is 3. The number of piperazine rings is 1. The zero-order valence-electron chi connectivity index (χ0n) is 10.8. The van der Waals surface area contributed by atoms with E-state index in [-0.39, 0.29) is 5.54 Å². The summed E-state index contributed by atoms with van der Waals surface area (Å²) in [6.07, 6.45) is -5.79. The van der Waals surface area contributed by atoms with Gasteiger partial charge in [-0.15, -0.1) is 0 Å². The van der Waals surface area contributed by atoms with E-state index in [0.29, 0.717) is 32.7 Å². The maximum absolute atomic E-state index is 12.1. The van der Waals surface area contributed by atoms with Crippen molar-refractivity contribution in [3.8, 4) is 0 Å². The second kappa shape index (κ2) is 5.44. The second-order valence-corrected chi connectivity index (χ2v) is 5.18. The van der Waals surface area contributed by atoms with E-state index in [1.807, 2.05) is 13.8 Å². The highest BCUT2D eigenvalue weighted by Gasteiger charge is 2.36. The normalized spacial score (nSPS) is 19.1. The van der Waals surface area contributed by atoms with Gasteiger partial charge >= 0.3 is 6.18 Å². The van der Waals surface area contributed by atoms with Crippen molar-refractivity contribution < 1.29 is 18.0 Å². The molecule has 0 aromatic heterocycles. The van der Waals surface area contributed by atoms with Crippen LogP contribution in [0.15, 0.2) is 0 Å². The van der Waals surface area contributed by atoms with Gasteiger partial charge in [-0.2, -0.15) is 13.2 Å². The molecule has 1 rings (SSSR count). The molecule has 0 bridgehead atoms. The van der Waals surface area contributed by atoms with Gasteiger partial charge in [0.15, 0.2) is 0 Å². The van der Waals surface area contributed by atoms with Crippen LogP contribution >= 0.6 is 0 Å². The Morgan fingerprint density at radius 2 is 1.67 bits per heavy atom. The molecule has 4 nitrogen and oxygen atoms in total. The van der Waals surface area contributed by atoms with Gasteiger partial charge in [0.2, 0.25) is 5.91 Å². The van der Waals surface area contributed by atoms with Crippen molar-refractivity contribution in [2.45, 2.75) is 32.0 Å². The molecule has 1 heterocycles. The lowest BCUT2D eigenvalue weighted by atomic mass is 10.0. The van der Waals surface area contributed by atoms with Crippen LogP contribution in [0.3, 0.4) is 0 Å². The molecule has 0 aromatic carbocycles. The Morgan fingerprint density at radius 1 is 1.17 bits per heavy atom. The molecule has 0 aromatic rings. The Hall–Kier alpha value is -0.820. The minimum absolute atomic E-state index is 0.181. The van der Waals surface area contributed by atoms with E-state index in [1.54, 1.807) is 0 Å². The molecule has 7 heteroatoms. The molecular formula is C11H20F3N3O. The minimum Gasteiger partial charge on any atom is -0.340 e. The van der Waals surface area contributed by atoms with Gasteiger partial charge in [0.1, 0.15) is 6.42 Å². The first kappa shape index (κ1) is 15.2. The van der Waals surface area contributed by atoms with Crippen molar-refractivity contribution in [3.05, 3.63) is 0 Å². The second-order valence-electron chi connectivity index (χ2n) is 5.18. The topological polar surface area (TPSA) is 49.6 Å². The van der Waals surface area contributed by atoms with Gasteiger partial charge in [-0.1, -0.05) is 0 Å². The molecular weight excluding hydrogens is 247 g/mol. The number of hydrogen-bond acceptors (Lipinski definition) is 3. The van der Waals surface area contributed by atoms with Crippen LogP contribution in [0, 0.1) is 0 Å². The summed E-state index contributed by atoms with van der Waals surface area (Å²) in [5, 5.41) is 0. The van der Waals surface area contributed by atoms with Gasteiger partial charge in [-0.3, -0.25) is 9.69 Å². The molecule has 0 spiro atoms. The van der Waals surface area contributed by atoms with Crippen LogP contribution in [0.25, 0.3) is 0 Å². The highest BCUT2D eigenvalue weighted by Crippen LogP contribution is 2.22. The maximum Gasteiger partial charge on any atom is 0.397 e. The average Bonchev–Trinajstić information content (AvgIpc) is 2.27. The summed E-state index contributed by atoms with van der Waals surface area (Å²) >= 11 is 0. The molecule has 1 saturated heterocycles. The summed E-state index contributed by atoms with van der Waals surface area (Å²) in [6, 6.07) is 0. The molecule has 0 atom stereocenters. The zero-order chi connectivity index (χ0) is 14.0. The number of hydrogen-bond donors (Lipinski definition) is 1. The van der Waals surface area contributed by atoms with Gasteiger partial charge in [-0.05, 0) is 13.8 Å². The van der Waals surface area contributed by atoms with Gasteiger partial charge in [0.05, 0.1) is 0 Å². The highest BCUT2D eigenvalue weighted by atomic mass is 19.4. The molecule has 1 aliphatic rings. The fourth-order valence-corrected chi connectivity index (χ4v) is 1.97. The van der Waals surface area contributed by atoms with Crippen LogP contribution in [-0.4, -0.2) is 60.1 Å². The molecule has 18 heavy (non-hydrogen) atoms. The predicted octanol–water partition coefficient (Wildman–Crippen LogP) is 0.820. The Morgan fingerprint density at radius 3 is 2.06 bits per heavy atom. The fraction of sp³-hybridized carbons (Fsp3) is 0.909. The van der Waals surface area contributed by atoms with Gasteiger partial charge in [-0.25, -0.2) is 0 Å². The number of nitrogens with two attached hydrogens (primary N) is 1. The standard InChI is InChI=1S/C11H20F3N3O/c1-10(2,8-15)17-5-3-16(4-6-17)9(18)7-11(12,13)14/h3-8,15H2,1-2H3. The summed E-state index contributed by atoms with van der Waals surface area (Å²) in [5.74, 6) is -0.840. The van der Waals surface area contributed by atoms with Crippen molar-refractivity contribution in [3.63, 3.8) is 0 Å². The third kappa shape index (κ3) is 4.13. The van der Waals surface area contributed by atoms with E-state index >= 15 is 0 Å². The van der Waals surface area contributed by atoms with E-state index in [0.717, 1.165) is 0 Å².